The molecule has 0 aliphatic carbocycles. The number of hydrogen-bond donors (Lipinski definition) is 0. The van der Waals surface area contributed by atoms with Crippen LogP contribution in [0.15, 0.2) is 0 Å². The minimum atomic E-state index is 0. The molecule has 0 heterocycles. The lowest BCUT2D eigenvalue weighted by Gasteiger charge is -2.28. The Morgan fingerprint density at radius 3 is 0.864 bits per heavy atom. The second kappa shape index (κ2) is 58.4. The lowest BCUT2D eigenvalue weighted by atomic mass is 9.78. The van der Waals surface area contributed by atoms with Gasteiger partial charge in [0.15, 0.2) is 0 Å². The number of ether oxygens (including phenoxy) is 3. The quantitative estimate of drug-likeness (QED) is 0.116. The van der Waals surface area contributed by atoms with Gasteiger partial charge in [0, 0.05) is 19.8 Å². The molecule has 288 valence electrons. The molecule has 0 aliphatic rings. The summed E-state index contributed by atoms with van der Waals surface area (Å²) in [4.78, 5) is 0. The van der Waals surface area contributed by atoms with Crippen LogP contribution in [0.1, 0.15) is 226 Å². The second-order valence-corrected chi connectivity index (χ2v) is 10.5. The highest BCUT2D eigenvalue weighted by Crippen LogP contribution is 2.33. The minimum Gasteiger partial charge on any atom is -0.379 e. The molecule has 44 heavy (non-hydrogen) atoms. The van der Waals surface area contributed by atoms with Gasteiger partial charge in [0.1, 0.15) is 6.10 Å². The first kappa shape index (κ1) is 79.4. The van der Waals surface area contributed by atoms with Crippen molar-refractivity contribution in [1.82, 2.24) is 0 Å². The standard InChI is InChI=1S/C15H32O3.C9H20.C8H18.9CH4/c1-4-7-10-16-13-15(18-12-9-6-3)14-17-11-8-5-2;1-5-9(6-2,7-3)8-4;1-5-8(4,6-2)7-3;;;;;;;;;/h15H,4-14H2,1-3H3;5-8H2,1-4H3;5-7H2,1-4H3;9*1H4. The third-order valence-electron chi connectivity index (χ3n) is 8.30. The predicted octanol–water partition coefficient (Wildman–Crippen LogP) is 16.4. The normalized spacial score (nSPS) is 9.27. The van der Waals surface area contributed by atoms with Crippen LogP contribution in [0.2, 0.25) is 0 Å². The van der Waals surface area contributed by atoms with Gasteiger partial charge < -0.3 is 14.2 Å². The van der Waals surface area contributed by atoms with E-state index in [0.717, 1.165) is 39.1 Å². The fourth-order valence-corrected chi connectivity index (χ4v) is 3.71. The maximum atomic E-state index is 5.79. The van der Waals surface area contributed by atoms with Crippen LogP contribution in [0.3, 0.4) is 0 Å². The Morgan fingerprint density at radius 1 is 0.409 bits per heavy atom. The highest BCUT2D eigenvalue weighted by atomic mass is 16.6. The fourth-order valence-electron chi connectivity index (χ4n) is 3.71. The third-order valence-corrected chi connectivity index (χ3v) is 8.30. The van der Waals surface area contributed by atoms with Gasteiger partial charge in [0.25, 0.3) is 0 Å². The molecule has 0 spiro atoms. The molecule has 3 nitrogen and oxygen atoms in total. The molecule has 0 saturated heterocycles. The van der Waals surface area contributed by atoms with E-state index < -0.39 is 0 Å². The number of hydrogen-bond acceptors (Lipinski definition) is 3. The first-order chi connectivity index (χ1) is 16.8. The molecular weight excluding hydrogens is 540 g/mol. The summed E-state index contributed by atoms with van der Waals surface area (Å²) in [5, 5.41) is 0. The zero-order chi connectivity index (χ0) is 27.4. The molecule has 0 amide bonds. The Morgan fingerprint density at radius 2 is 0.682 bits per heavy atom. The molecule has 0 rings (SSSR count). The summed E-state index contributed by atoms with van der Waals surface area (Å²) in [7, 11) is 0. The maximum absolute atomic E-state index is 5.79. The smallest absolute Gasteiger partial charge is 0.104 e. The summed E-state index contributed by atoms with van der Waals surface area (Å²) in [6.07, 6.45) is 16.3. The molecule has 0 unspecified atom stereocenters. The van der Waals surface area contributed by atoms with E-state index in [1.165, 1.54) is 64.2 Å². The molecule has 0 aromatic carbocycles. The maximum Gasteiger partial charge on any atom is 0.104 e. The van der Waals surface area contributed by atoms with Crippen LogP contribution in [0.4, 0.5) is 0 Å². The third kappa shape index (κ3) is 48.8. The van der Waals surface area contributed by atoms with Gasteiger partial charge in [0.2, 0.25) is 0 Å². The predicted molar refractivity (Wildman–Crippen MR) is 219 cm³/mol. The van der Waals surface area contributed by atoms with Gasteiger partial charge in [-0.3, -0.25) is 0 Å². The van der Waals surface area contributed by atoms with Gasteiger partial charge >= 0.3 is 0 Å². The second-order valence-electron chi connectivity index (χ2n) is 10.5. The Kier molecular flexibility index (Phi) is 105. The van der Waals surface area contributed by atoms with Crippen LogP contribution in [0.25, 0.3) is 0 Å². The van der Waals surface area contributed by atoms with Crippen molar-refractivity contribution in [3.63, 3.8) is 0 Å². The van der Waals surface area contributed by atoms with Gasteiger partial charge in [-0.1, -0.05) is 207 Å². The van der Waals surface area contributed by atoms with E-state index in [-0.39, 0.29) is 72.9 Å². The molecule has 0 bridgehead atoms. The Balaban J connectivity index is -0.0000000345. The monoisotopic (exact) mass is 647 g/mol. The molecule has 0 aromatic rings. The van der Waals surface area contributed by atoms with Crippen LogP contribution in [0, 0.1) is 10.8 Å². The van der Waals surface area contributed by atoms with Crippen molar-refractivity contribution in [3.05, 3.63) is 0 Å². The summed E-state index contributed by atoms with van der Waals surface area (Å²) >= 11 is 0. The molecule has 0 N–H and O–H groups in total. The average molecular weight is 647 g/mol. The van der Waals surface area contributed by atoms with Crippen molar-refractivity contribution in [3.8, 4) is 0 Å². The van der Waals surface area contributed by atoms with Crippen LogP contribution in [-0.2, 0) is 14.2 Å². The molecule has 0 atom stereocenters. The van der Waals surface area contributed by atoms with Crippen molar-refractivity contribution < 1.29 is 14.2 Å². The van der Waals surface area contributed by atoms with E-state index in [0.29, 0.717) is 24.0 Å². The van der Waals surface area contributed by atoms with E-state index >= 15 is 0 Å². The molecule has 0 aromatic heterocycles. The summed E-state index contributed by atoms with van der Waals surface area (Å²) in [6, 6.07) is 0. The van der Waals surface area contributed by atoms with E-state index in [1.54, 1.807) is 0 Å². The molecule has 0 saturated carbocycles. The summed E-state index contributed by atoms with van der Waals surface area (Å²) < 4.78 is 17.0. The Labute approximate surface area is 290 Å². The number of rotatable bonds is 21. The Bertz CT molecular complexity index is 338. The van der Waals surface area contributed by atoms with Crippen LogP contribution in [0.5, 0.6) is 0 Å². The summed E-state index contributed by atoms with van der Waals surface area (Å²) in [5.41, 5.74) is 1.29. The van der Waals surface area contributed by atoms with Crippen molar-refractivity contribution in [1.29, 1.82) is 0 Å². The zero-order valence-corrected chi connectivity index (χ0v) is 26.5. The van der Waals surface area contributed by atoms with E-state index in [9.17, 15) is 0 Å². The van der Waals surface area contributed by atoms with Crippen LogP contribution in [-0.4, -0.2) is 39.1 Å². The van der Waals surface area contributed by atoms with E-state index in [1.807, 2.05) is 0 Å². The summed E-state index contributed by atoms with van der Waals surface area (Å²) in [6.45, 7) is 28.7. The van der Waals surface area contributed by atoms with Crippen molar-refractivity contribution in [2.24, 2.45) is 10.8 Å². The van der Waals surface area contributed by atoms with Gasteiger partial charge in [-0.2, -0.15) is 0 Å². The SMILES string of the molecule is C.C.C.C.C.C.C.C.C.CCC(C)(CC)CC.CCC(CC)(CC)CC.CCCCOCC(COCCCC)OCCCC. The lowest BCUT2D eigenvalue weighted by molar-refractivity contribution is -0.0611. The van der Waals surface area contributed by atoms with Gasteiger partial charge in [-0.25, -0.2) is 0 Å². The first-order valence-electron chi connectivity index (χ1n) is 15.5. The average Bonchev–Trinajstić information content (AvgIpc) is 2.90. The van der Waals surface area contributed by atoms with Crippen LogP contribution >= 0.6 is 0 Å². The van der Waals surface area contributed by atoms with Gasteiger partial charge in [-0.05, 0) is 30.1 Å². The van der Waals surface area contributed by atoms with Crippen molar-refractivity contribution in [2.75, 3.05) is 33.0 Å². The molecule has 3 heteroatoms. The largest absolute Gasteiger partial charge is 0.379 e. The molecule has 0 aliphatic heterocycles. The van der Waals surface area contributed by atoms with E-state index in [2.05, 4.69) is 76.2 Å². The van der Waals surface area contributed by atoms with Crippen LogP contribution < -0.4 is 0 Å². The lowest BCUT2D eigenvalue weighted by Crippen LogP contribution is -2.26. The molecule has 0 fully saturated rings. The fraction of sp³-hybridized carbons (Fsp3) is 1.00. The molecule has 0 radical (unpaired) electrons. The topological polar surface area (TPSA) is 27.7 Å². The zero-order valence-electron chi connectivity index (χ0n) is 26.5. The minimum absolute atomic E-state index is 0. The first-order valence-corrected chi connectivity index (χ1v) is 15.5. The van der Waals surface area contributed by atoms with Crippen molar-refractivity contribution >= 4 is 0 Å². The highest BCUT2D eigenvalue weighted by molar-refractivity contribution is 4.72. The van der Waals surface area contributed by atoms with Gasteiger partial charge in [-0.15, -0.1) is 0 Å². The molecular formula is C41H106O3. The van der Waals surface area contributed by atoms with E-state index in [4.69, 9.17) is 14.2 Å². The van der Waals surface area contributed by atoms with Crippen molar-refractivity contribution in [2.45, 2.75) is 233 Å². The number of unbranched alkanes of at least 4 members (excludes halogenated alkanes) is 3. The Hall–Kier alpha value is -0.120. The summed E-state index contributed by atoms with van der Waals surface area (Å²) in [5.74, 6) is 0. The van der Waals surface area contributed by atoms with Gasteiger partial charge in [0.05, 0.1) is 13.2 Å². The highest BCUT2D eigenvalue weighted by Gasteiger charge is 2.20.